The number of hydrogen-bond acceptors (Lipinski definition) is 4. The van der Waals surface area contributed by atoms with Crippen LogP contribution in [0.25, 0.3) is 0 Å². The van der Waals surface area contributed by atoms with Gasteiger partial charge in [-0.1, -0.05) is 0 Å². The molecule has 0 atom stereocenters. The number of halogens is 1. The van der Waals surface area contributed by atoms with E-state index in [9.17, 15) is 10.1 Å². The van der Waals surface area contributed by atoms with Gasteiger partial charge in [0, 0.05) is 16.6 Å². The van der Waals surface area contributed by atoms with Crippen molar-refractivity contribution in [1.29, 1.82) is 5.26 Å². The minimum absolute atomic E-state index is 0.0182. The van der Waals surface area contributed by atoms with E-state index < -0.39 is 4.92 Å². The number of hydrogen-bond donors (Lipinski definition) is 1. The van der Waals surface area contributed by atoms with Crippen LogP contribution in [-0.4, -0.2) is 4.92 Å². The van der Waals surface area contributed by atoms with E-state index in [0.29, 0.717) is 10.2 Å². The molecule has 0 unspecified atom stereocenters. The monoisotopic (exact) mass is 241 g/mol. The predicted molar refractivity (Wildman–Crippen MR) is 50.0 cm³/mol. The summed E-state index contributed by atoms with van der Waals surface area (Å²) in [5.74, 6) is 0. The van der Waals surface area contributed by atoms with Crippen molar-refractivity contribution in [3.8, 4) is 6.19 Å². The maximum absolute atomic E-state index is 10.3. The molecule has 13 heavy (non-hydrogen) atoms. The van der Waals surface area contributed by atoms with E-state index in [0.717, 1.165) is 0 Å². The molecule has 0 amide bonds. The van der Waals surface area contributed by atoms with Gasteiger partial charge in [-0.15, -0.1) is 0 Å². The maximum Gasteiger partial charge on any atom is 0.270 e. The van der Waals surface area contributed by atoms with Gasteiger partial charge in [-0.25, -0.2) is 0 Å². The van der Waals surface area contributed by atoms with E-state index in [1.807, 2.05) is 0 Å². The molecule has 1 aromatic carbocycles. The van der Waals surface area contributed by atoms with Crippen molar-refractivity contribution in [2.75, 3.05) is 5.32 Å². The SMILES string of the molecule is N#CNc1ccc([N+](=O)[O-])cc1Br. The van der Waals surface area contributed by atoms with Crippen molar-refractivity contribution < 1.29 is 4.92 Å². The fourth-order valence-electron chi connectivity index (χ4n) is 0.779. The van der Waals surface area contributed by atoms with E-state index in [-0.39, 0.29) is 5.69 Å². The van der Waals surface area contributed by atoms with E-state index in [1.165, 1.54) is 18.2 Å². The van der Waals surface area contributed by atoms with E-state index in [4.69, 9.17) is 5.26 Å². The second kappa shape index (κ2) is 3.87. The van der Waals surface area contributed by atoms with Crippen molar-refractivity contribution in [2.45, 2.75) is 0 Å². The third-order valence-electron chi connectivity index (χ3n) is 1.35. The minimum Gasteiger partial charge on any atom is -0.292 e. The lowest BCUT2D eigenvalue weighted by Gasteiger charge is -1.99. The average molecular weight is 242 g/mol. The molecule has 0 saturated heterocycles. The fourth-order valence-corrected chi connectivity index (χ4v) is 1.25. The number of nitro benzene ring substituents is 1. The Morgan fingerprint density at radius 1 is 1.62 bits per heavy atom. The quantitative estimate of drug-likeness (QED) is 0.373. The van der Waals surface area contributed by atoms with Gasteiger partial charge in [-0.3, -0.25) is 15.4 Å². The number of nitrogens with zero attached hydrogens (tertiary/aromatic N) is 2. The van der Waals surface area contributed by atoms with Gasteiger partial charge >= 0.3 is 0 Å². The van der Waals surface area contributed by atoms with Crippen LogP contribution in [0, 0.1) is 21.6 Å². The first-order valence-electron chi connectivity index (χ1n) is 3.24. The molecule has 1 N–H and O–H groups in total. The summed E-state index contributed by atoms with van der Waals surface area (Å²) in [5, 5.41) is 21.0. The van der Waals surface area contributed by atoms with Crippen molar-refractivity contribution in [3.63, 3.8) is 0 Å². The summed E-state index contributed by atoms with van der Waals surface area (Å²) in [6.45, 7) is 0. The first-order valence-corrected chi connectivity index (χ1v) is 4.03. The van der Waals surface area contributed by atoms with Crippen LogP contribution in [0.1, 0.15) is 0 Å². The first-order chi connectivity index (χ1) is 6.15. The van der Waals surface area contributed by atoms with Crippen LogP contribution >= 0.6 is 15.9 Å². The van der Waals surface area contributed by atoms with Crippen LogP contribution in [0.15, 0.2) is 22.7 Å². The van der Waals surface area contributed by atoms with Crippen molar-refractivity contribution >= 4 is 27.3 Å². The highest BCUT2D eigenvalue weighted by atomic mass is 79.9. The normalized spacial score (nSPS) is 8.92. The van der Waals surface area contributed by atoms with Gasteiger partial charge in [0.1, 0.15) is 0 Å². The highest BCUT2D eigenvalue weighted by Crippen LogP contribution is 2.26. The molecule has 66 valence electrons. The molecule has 0 saturated carbocycles. The van der Waals surface area contributed by atoms with Gasteiger partial charge in [0.15, 0.2) is 6.19 Å². The van der Waals surface area contributed by atoms with Gasteiger partial charge in [0.25, 0.3) is 5.69 Å². The Labute approximate surface area is 82.3 Å². The van der Waals surface area contributed by atoms with Gasteiger partial charge < -0.3 is 0 Å². The van der Waals surface area contributed by atoms with E-state index in [1.54, 1.807) is 6.19 Å². The molecular formula is C7H4BrN3O2. The van der Waals surface area contributed by atoms with Gasteiger partial charge in [0.2, 0.25) is 0 Å². The zero-order chi connectivity index (χ0) is 9.84. The highest BCUT2D eigenvalue weighted by molar-refractivity contribution is 9.10. The molecule has 1 rings (SSSR count). The van der Waals surface area contributed by atoms with E-state index in [2.05, 4.69) is 21.2 Å². The smallest absolute Gasteiger partial charge is 0.270 e. The second-order valence-corrected chi connectivity index (χ2v) is 3.01. The summed E-state index contributed by atoms with van der Waals surface area (Å²) >= 11 is 3.10. The number of anilines is 1. The maximum atomic E-state index is 10.3. The number of nitrogens with one attached hydrogen (secondary N) is 1. The Balaban J connectivity index is 3.07. The summed E-state index contributed by atoms with van der Waals surface area (Å²) in [5.41, 5.74) is 0.489. The van der Waals surface area contributed by atoms with E-state index >= 15 is 0 Å². The molecule has 0 aliphatic heterocycles. The van der Waals surface area contributed by atoms with Crippen LogP contribution in [0.4, 0.5) is 11.4 Å². The number of nitro groups is 1. The number of non-ortho nitro benzene ring substituents is 1. The van der Waals surface area contributed by atoms with Crippen molar-refractivity contribution in [2.24, 2.45) is 0 Å². The molecule has 0 spiro atoms. The van der Waals surface area contributed by atoms with Crippen LogP contribution in [0.2, 0.25) is 0 Å². The Hall–Kier alpha value is -1.61. The topological polar surface area (TPSA) is 79.0 Å². The fraction of sp³-hybridized carbons (Fsp3) is 0. The molecule has 0 aliphatic rings. The van der Waals surface area contributed by atoms with Crippen molar-refractivity contribution in [1.82, 2.24) is 0 Å². The summed E-state index contributed by atoms with van der Waals surface area (Å²) in [4.78, 5) is 9.82. The lowest BCUT2D eigenvalue weighted by Crippen LogP contribution is -1.91. The molecule has 0 aliphatic carbocycles. The average Bonchev–Trinajstić information content (AvgIpc) is 2.08. The van der Waals surface area contributed by atoms with Gasteiger partial charge in [0.05, 0.1) is 10.6 Å². The first kappa shape index (κ1) is 9.48. The Morgan fingerprint density at radius 2 is 2.31 bits per heavy atom. The van der Waals surface area contributed by atoms with Crippen LogP contribution < -0.4 is 5.32 Å². The number of rotatable bonds is 2. The Morgan fingerprint density at radius 3 is 2.77 bits per heavy atom. The predicted octanol–water partition coefficient (Wildman–Crippen LogP) is 2.25. The molecule has 5 nitrogen and oxygen atoms in total. The molecule has 0 bridgehead atoms. The third kappa shape index (κ3) is 2.16. The standard InChI is InChI=1S/C7H4BrN3O2/c8-6-3-5(11(12)13)1-2-7(6)10-4-9/h1-3,10H. The van der Waals surface area contributed by atoms with Crippen LogP contribution in [0.3, 0.4) is 0 Å². The molecule has 0 radical (unpaired) electrons. The molecule has 0 fully saturated rings. The largest absolute Gasteiger partial charge is 0.292 e. The zero-order valence-corrected chi connectivity index (χ0v) is 7.91. The summed E-state index contributed by atoms with van der Waals surface area (Å²) in [6.07, 6.45) is 1.72. The summed E-state index contributed by atoms with van der Waals surface area (Å²) in [6, 6.07) is 4.12. The molecule has 0 heterocycles. The lowest BCUT2D eigenvalue weighted by molar-refractivity contribution is -0.384. The van der Waals surface area contributed by atoms with Crippen LogP contribution in [-0.2, 0) is 0 Å². The zero-order valence-electron chi connectivity index (χ0n) is 6.32. The lowest BCUT2D eigenvalue weighted by atomic mass is 10.3. The molecular weight excluding hydrogens is 238 g/mol. The number of benzene rings is 1. The van der Waals surface area contributed by atoms with Crippen molar-refractivity contribution in [3.05, 3.63) is 32.8 Å². The molecule has 1 aromatic rings. The third-order valence-corrected chi connectivity index (χ3v) is 2.01. The second-order valence-electron chi connectivity index (χ2n) is 2.16. The van der Waals surface area contributed by atoms with Crippen LogP contribution in [0.5, 0.6) is 0 Å². The highest BCUT2D eigenvalue weighted by Gasteiger charge is 2.07. The van der Waals surface area contributed by atoms with Gasteiger partial charge in [-0.2, -0.15) is 5.26 Å². The molecule has 6 heteroatoms. The Bertz CT molecular complexity index is 386. The number of nitriles is 1. The summed E-state index contributed by atoms with van der Waals surface area (Å²) in [7, 11) is 0. The Kier molecular flexibility index (Phi) is 2.82. The summed E-state index contributed by atoms with van der Waals surface area (Å²) < 4.78 is 0.489. The molecule has 0 aromatic heterocycles. The minimum atomic E-state index is -0.499. The van der Waals surface area contributed by atoms with Gasteiger partial charge in [-0.05, 0) is 22.0 Å².